The number of ether oxygens (including phenoxy) is 2. The van der Waals surface area contributed by atoms with Crippen LogP contribution in [-0.4, -0.2) is 41.2 Å². The van der Waals surface area contributed by atoms with Crippen molar-refractivity contribution in [1.29, 1.82) is 0 Å². The minimum atomic E-state index is -0.650. The Morgan fingerprint density at radius 1 is 0.879 bits per heavy atom. The number of carbonyl (C=O) groups excluding carboxylic acids is 2. The molecule has 0 spiro atoms. The van der Waals surface area contributed by atoms with E-state index in [0.717, 1.165) is 33.6 Å². The molecule has 4 aromatic rings. The van der Waals surface area contributed by atoms with Gasteiger partial charge in [0.15, 0.2) is 11.5 Å². The van der Waals surface area contributed by atoms with Crippen molar-refractivity contribution < 1.29 is 19.1 Å². The summed E-state index contributed by atoms with van der Waals surface area (Å²) in [7, 11) is 2.97. The summed E-state index contributed by atoms with van der Waals surface area (Å²) in [4.78, 5) is 26.9. The van der Waals surface area contributed by atoms with Crippen LogP contribution in [0.25, 0.3) is 16.7 Å². The van der Waals surface area contributed by atoms with Crippen LogP contribution in [0.2, 0.25) is 0 Å². The fourth-order valence-corrected chi connectivity index (χ4v) is 3.60. The van der Waals surface area contributed by atoms with Crippen molar-refractivity contribution >= 4 is 34.9 Å². The van der Waals surface area contributed by atoms with Gasteiger partial charge >= 0.3 is 6.03 Å². The molecule has 0 fully saturated rings. The largest absolute Gasteiger partial charge is 0.493 e. The number of aryl methyl sites for hydroxylation is 1. The quantitative estimate of drug-likeness (QED) is 0.418. The van der Waals surface area contributed by atoms with Gasteiger partial charge in [0.25, 0.3) is 5.91 Å². The lowest BCUT2D eigenvalue weighted by Crippen LogP contribution is -2.36. The first kappa shape index (κ1) is 22.2. The van der Waals surface area contributed by atoms with Crippen LogP contribution in [0.4, 0.5) is 4.79 Å². The Balaban J connectivity index is 1.39. The number of amides is 3. The number of hydrogen-bond donors (Lipinski definition) is 2. The van der Waals surface area contributed by atoms with Gasteiger partial charge in [0.2, 0.25) is 0 Å². The van der Waals surface area contributed by atoms with E-state index in [4.69, 9.17) is 9.47 Å². The molecular weight excluding hydrogens is 442 g/mol. The Hall–Kier alpha value is -4.05. The molecule has 0 unspecified atom stereocenters. The molecule has 0 saturated heterocycles. The van der Waals surface area contributed by atoms with Gasteiger partial charge in [-0.25, -0.2) is 4.79 Å². The van der Waals surface area contributed by atoms with Gasteiger partial charge in [0.05, 0.1) is 19.9 Å². The predicted octanol–water partition coefficient (Wildman–Crippen LogP) is 3.89. The molecular formula is C23H21N5O4S. The van der Waals surface area contributed by atoms with Crippen molar-refractivity contribution in [2.45, 2.75) is 11.8 Å². The van der Waals surface area contributed by atoms with E-state index in [9.17, 15) is 9.59 Å². The zero-order valence-electron chi connectivity index (χ0n) is 18.2. The number of aromatic nitrogens is 3. The summed E-state index contributed by atoms with van der Waals surface area (Å²) in [5, 5.41) is 11.3. The third-order valence-corrected chi connectivity index (χ3v) is 5.53. The molecule has 0 aliphatic carbocycles. The Morgan fingerprint density at radius 2 is 1.61 bits per heavy atom. The summed E-state index contributed by atoms with van der Waals surface area (Å²) in [6, 6.07) is 17.3. The van der Waals surface area contributed by atoms with E-state index >= 15 is 0 Å². The van der Waals surface area contributed by atoms with Crippen molar-refractivity contribution in [2.24, 2.45) is 0 Å². The molecule has 9 nitrogen and oxygen atoms in total. The molecule has 0 aliphatic rings. The number of hydrogen-bond acceptors (Lipinski definition) is 7. The zero-order chi connectivity index (χ0) is 23.4. The first-order chi connectivity index (χ1) is 16.0. The third-order valence-electron chi connectivity index (χ3n) is 4.75. The van der Waals surface area contributed by atoms with Gasteiger partial charge in [-0.2, -0.15) is 4.80 Å². The van der Waals surface area contributed by atoms with Gasteiger partial charge in [-0.3, -0.25) is 14.8 Å². The van der Waals surface area contributed by atoms with E-state index in [1.54, 1.807) is 16.9 Å². The van der Waals surface area contributed by atoms with Crippen LogP contribution in [0.5, 0.6) is 11.5 Å². The van der Waals surface area contributed by atoms with Crippen molar-refractivity contribution in [2.75, 3.05) is 14.2 Å². The Morgan fingerprint density at radius 3 is 2.33 bits per heavy atom. The summed E-state index contributed by atoms with van der Waals surface area (Å²) in [5.41, 5.74) is 3.69. The minimum Gasteiger partial charge on any atom is -0.493 e. The number of methoxy groups -OCH3 is 2. The maximum absolute atomic E-state index is 12.4. The highest BCUT2D eigenvalue weighted by Gasteiger charge is 2.14. The van der Waals surface area contributed by atoms with Crippen molar-refractivity contribution in [3.63, 3.8) is 0 Å². The average Bonchev–Trinajstić information content (AvgIpc) is 3.26. The smallest absolute Gasteiger partial charge is 0.331 e. The number of carbonyl (C=O) groups is 2. The van der Waals surface area contributed by atoms with Gasteiger partial charge in [0.1, 0.15) is 11.0 Å². The molecule has 0 saturated carbocycles. The van der Waals surface area contributed by atoms with Gasteiger partial charge in [-0.05, 0) is 67.4 Å². The molecule has 0 atom stereocenters. The number of benzene rings is 3. The normalized spacial score (nSPS) is 10.6. The van der Waals surface area contributed by atoms with Crippen LogP contribution in [-0.2, 0) is 0 Å². The molecule has 168 valence electrons. The first-order valence-electron chi connectivity index (χ1n) is 9.91. The summed E-state index contributed by atoms with van der Waals surface area (Å²) in [6.45, 7) is 2.02. The van der Waals surface area contributed by atoms with E-state index in [2.05, 4.69) is 20.2 Å². The highest BCUT2D eigenvalue weighted by molar-refractivity contribution is 7.98. The lowest BCUT2D eigenvalue weighted by atomic mass is 10.2. The third kappa shape index (κ3) is 5.07. The minimum absolute atomic E-state index is 0.266. The molecule has 1 aromatic heterocycles. The average molecular weight is 464 g/mol. The number of nitrogens with zero attached hydrogens (tertiary/aromatic N) is 3. The van der Waals surface area contributed by atoms with Gasteiger partial charge in [-0.15, -0.1) is 10.2 Å². The lowest BCUT2D eigenvalue weighted by Gasteiger charge is -2.10. The number of nitrogens with one attached hydrogen (secondary N) is 2. The molecule has 33 heavy (non-hydrogen) atoms. The van der Waals surface area contributed by atoms with Gasteiger partial charge in [0, 0.05) is 10.5 Å². The van der Waals surface area contributed by atoms with Crippen LogP contribution in [0, 0.1) is 6.92 Å². The fraction of sp³-hybridized carbons (Fsp3) is 0.130. The summed E-state index contributed by atoms with van der Waals surface area (Å²) in [5.74, 6) is 0.321. The molecule has 0 aliphatic heterocycles. The Bertz CT molecular complexity index is 1320. The molecule has 2 N–H and O–H groups in total. The fourth-order valence-electron chi connectivity index (χ4n) is 3.03. The monoisotopic (exact) mass is 463 g/mol. The summed E-state index contributed by atoms with van der Waals surface area (Å²) >= 11 is 1.07. The molecule has 0 bridgehead atoms. The van der Waals surface area contributed by atoms with Crippen LogP contribution in [0.1, 0.15) is 15.9 Å². The SMILES string of the molecule is COc1ccc(C(=O)NC(=O)NSc2ccc3nn(-c4ccc(C)cc4)nc3c2)cc1OC. The Kier molecular flexibility index (Phi) is 6.45. The maximum atomic E-state index is 12.4. The maximum Gasteiger partial charge on any atom is 0.331 e. The molecule has 3 amide bonds. The van der Waals surface area contributed by atoms with Crippen molar-refractivity contribution in [3.05, 3.63) is 71.8 Å². The van der Waals surface area contributed by atoms with E-state index in [-0.39, 0.29) is 5.56 Å². The second kappa shape index (κ2) is 9.61. The second-order valence-electron chi connectivity index (χ2n) is 7.03. The van der Waals surface area contributed by atoms with Gasteiger partial charge in [-0.1, -0.05) is 17.7 Å². The summed E-state index contributed by atoms with van der Waals surface area (Å²) in [6.07, 6.45) is 0. The van der Waals surface area contributed by atoms with Crippen molar-refractivity contribution in [3.8, 4) is 17.2 Å². The van der Waals surface area contributed by atoms with E-state index in [0.29, 0.717) is 17.0 Å². The predicted molar refractivity (Wildman–Crippen MR) is 125 cm³/mol. The van der Waals surface area contributed by atoms with Gasteiger partial charge < -0.3 is 9.47 Å². The highest BCUT2D eigenvalue weighted by Crippen LogP contribution is 2.27. The molecule has 0 radical (unpaired) electrons. The molecule has 3 aromatic carbocycles. The van der Waals surface area contributed by atoms with Crippen LogP contribution in [0.3, 0.4) is 0 Å². The van der Waals surface area contributed by atoms with Crippen LogP contribution in [0.15, 0.2) is 65.6 Å². The standard InChI is InChI=1S/C23H21N5O4S/c1-14-4-7-16(8-5-14)28-25-18-10-9-17(13-19(18)26-28)33-27-23(30)24-22(29)15-6-11-20(31-2)21(12-15)32-3/h4-13H,1-3H3,(H2,24,27,29,30). The summed E-state index contributed by atoms with van der Waals surface area (Å²) < 4.78 is 12.9. The zero-order valence-corrected chi connectivity index (χ0v) is 19.0. The first-order valence-corrected chi connectivity index (χ1v) is 10.7. The highest BCUT2D eigenvalue weighted by atomic mass is 32.2. The lowest BCUT2D eigenvalue weighted by molar-refractivity contribution is 0.0965. The van der Waals surface area contributed by atoms with Crippen LogP contribution < -0.4 is 19.5 Å². The number of urea groups is 1. The molecule has 4 rings (SSSR count). The van der Waals surface area contributed by atoms with E-state index < -0.39 is 11.9 Å². The topological polar surface area (TPSA) is 107 Å². The van der Waals surface area contributed by atoms with Crippen molar-refractivity contribution in [1.82, 2.24) is 25.0 Å². The number of imide groups is 1. The second-order valence-corrected chi connectivity index (χ2v) is 7.91. The number of rotatable bonds is 6. The van der Waals surface area contributed by atoms with E-state index in [1.165, 1.54) is 20.3 Å². The molecule has 1 heterocycles. The van der Waals surface area contributed by atoms with E-state index in [1.807, 2.05) is 49.4 Å². The Labute approximate surface area is 194 Å². The molecule has 10 heteroatoms. The van der Waals surface area contributed by atoms with Crippen LogP contribution >= 0.6 is 11.9 Å². The number of fused-ring (bicyclic) bond motifs is 1.